The lowest BCUT2D eigenvalue weighted by atomic mass is 9.93. The van der Waals surface area contributed by atoms with Crippen LogP contribution < -0.4 is 23.8 Å². The number of benzene rings is 2. The van der Waals surface area contributed by atoms with Gasteiger partial charge in [-0.3, -0.25) is 9.10 Å². The van der Waals surface area contributed by atoms with Gasteiger partial charge in [-0.15, -0.1) is 0 Å². The highest BCUT2D eigenvalue weighted by molar-refractivity contribution is 7.92. The Labute approximate surface area is 196 Å². The smallest absolute Gasteiger partial charge is 0.241 e. The topological polar surface area (TPSA) is 94.2 Å². The van der Waals surface area contributed by atoms with E-state index in [4.69, 9.17) is 14.2 Å². The first-order valence-electron chi connectivity index (χ1n) is 10.6. The highest BCUT2D eigenvalue weighted by Crippen LogP contribution is 2.33. The van der Waals surface area contributed by atoms with Gasteiger partial charge >= 0.3 is 0 Å². The van der Waals surface area contributed by atoms with Crippen LogP contribution in [0.15, 0.2) is 30.3 Å². The van der Waals surface area contributed by atoms with Gasteiger partial charge < -0.3 is 19.5 Å². The number of methoxy groups -OCH3 is 3. The second kappa shape index (κ2) is 10.8. The third-order valence-corrected chi connectivity index (χ3v) is 6.57. The van der Waals surface area contributed by atoms with Crippen molar-refractivity contribution >= 4 is 21.6 Å². The van der Waals surface area contributed by atoms with Gasteiger partial charge in [0.25, 0.3) is 0 Å². The van der Waals surface area contributed by atoms with Crippen molar-refractivity contribution in [2.45, 2.75) is 39.7 Å². The fourth-order valence-corrected chi connectivity index (χ4v) is 4.53. The SMILES string of the molecule is COc1ccc(N(CC(=O)N[C@H](C)c2cc(C(C)C)c(OC)cc2C)S(C)(=O)=O)cc1OC. The van der Waals surface area contributed by atoms with Crippen LogP contribution in [0, 0.1) is 6.92 Å². The van der Waals surface area contributed by atoms with Crippen molar-refractivity contribution in [2.75, 3.05) is 38.4 Å². The lowest BCUT2D eigenvalue weighted by molar-refractivity contribution is -0.120. The summed E-state index contributed by atoms with van der Waals surface area (Å²) in [5, 5.41) is 2.92. The molecule has 0 aromatic heterocycles. The maximum Gasteiger partial charge on any atom is 0.241 e. The van der Waals surface area contributed by atoms with Crippen LogP contribution in [0.4, 0.5) is 5.69 Å². The van der Waals surface area contributed by atoms with Gasteiger partial charge in [0.1, 0.15) is 12.3 Å². The molecular formula is C24H34N2O6S. The van der Waals surface area contributed by atoms with E-state index >= 15 is 0 Å². The predicted octanol–water partition coefficient (Wildman–Crippen LogP) is 3.79. The number of hydrogen-bond acceptors (Lipinski definition) is 6. The molecule has 9 heteroatoms. The van der Waals surface area contributed by atoms with E-state index in [-0.39, 0.29) is 18.5 Å². The second-order valence-corrected chi connectivity index (χ2v) is 10.1. The average molecular weight is 479 g/mol. The molecule has 2 rings (SSSR count). The number of rotatable bonds is 10. The van der Waals surface area contributed by atoms with Crippen LogP contribution in [0.25, 0.3) is 0 Å². The van der Waals surface area contributed by atoms with Crippen molar-refractivity contribution in [3.8, 4) is 17.2 Å². The van der Waals surface area contributed by atoms with E-state index in [2.05, 4.69) is 19.2 Å². The molecule has 0 fully saturated rings. The summed E-state index contributed by atoms with van der Waals surface area (Å²) in [5.41, 5.74) is 3.27. The summed E-state index contributed by atoms with van der Waals surface area (Å²) in [7, 11) is 0.859. The fourth-order valence-electron chi connectivity index (χ4n) is 3.69. The average Bonchev–Trinajstić information content (AvgIpc) is 2.75. The zero-order valence-electron chi connectivity index (χ0n) is 20.6. The van der Waals surface area contributed by atoms with E-state index in [9.17, 15) is 13.2 Å². The number of hydrogen-bond donors (Lipinski definition) is 1. The van der Waals surface area contributed by atoms with E-state index < -0.39 is 15.9 Å². The Hall–Kier alpha value is -2.94. The number of amides is 1. The van der Waals surface area contributed by atoms with E-state index in [0.717, 1.165) is 33.0 Å². The van der Waals surface area contributed by atoms with E-state index in [1.807, 2.05) is 26.0 Å². The molecule has 2 aromatic rings. The van der Waals surface area contributed by atoms with Gasteiger partial charge in [-0.05, 0) is 60.7 Å². The van der Waals surface area contributed by atoms with Gasteiger partial charge in [0, 0.05) is 6.07 Å². The standard InChI is InChI=1S/C24H34N2O6S/c1-15(2)19-13-20(16(3)11-22(19)31-6)17(4)25-24(27)14-26(33(8,28)29)18-9-10-21(30-5)23(12-18)32-7/h9-13,15,17H,14H2,1-8H3,(H,25,27)/t17-/m1/s1. The maximum absolute atomic E-state index is 12.9. The Morgan fingerprint density at radius 1 is 0.939 bits per heavy atom. The molecule has 0 saturated heterocycles. The summed E-state index contributed by atoms with van der Waals surface area (Å²) in [6.45, 7) is 7.61. The minimum atomic E-state index is -3.73. The molecule has 0 unspecified atom stereocenters. The monoisotopic (exact) mass is 478 g/mol. The molecule has 0 radical (unpaired) electrons. The maximum atomic E-state index is 12.9. The molecule has 1 amide bonds. The molecular weight excluding hydrogens is 444 g/mol. The summed E-state index contributed by atoms with van der Waals surface area (Å²) in [4.78, 5) is 12.9. The van der Waals surface area contributed by atoms with Crippen LogP contribution in [-0.4, -0.2) is 48.5 Å². The zero-order chi connectivity index (χ0) is 24.9. The van der Waals surface area contributed by atoms with Gasteiger partial charge in [0.2, 0.25) is 15.9 Å². The molecule has 33 heavy (non-hydrogen) atoms. The molecule has 8 nitrogen and oxygen atoms in total. The number of sulfonamides is 1. The van der Waals surface area contributed by atoms with Gasteiger partial charge in [-0.1, -0.05) is 13.8 Å². The minimum Gasteiger partial charge on any atom is -0.496 e. The fraction of sp³-hybridized carbons (Fsp3) is 0.458. The molecule has 1 N–H and O–H groups in total. The molecule has 0 saturated carbocycles. The Bertz CT molecular complexity index is 1100. The first-order chi connectivity index (χ1) is 15.4. The minimum absolute atomic E-state index is 0.243. The van der Waals surface area contributed by atoms with Crippen LogP contribution in [0.2, 0.25) is 0 Å². The van der Waals surface area contributed by atoms with Gasteiger partial charge in [0.15, 0.2) is 11.5 Å². The number of nitrogens with one attached hydrogen (secondary N) is 1. The number of carbonyl (C=O) groups is 1. The molecule has 0 aliphatic carbocycles. The third kappa shape index (κ3) is 6.31. The highest BCUT2D eigenvalue weighted by Gasteiger charge is 2.24. The van der Waals surface area contributed by atoms with Crippen molar-refractivity contribution in [1.29, 1.82) is 0 Å². The Balaban J connectivity index is 2.29. The number of ether oxygens (including phenoxy) is 3. The highest BCUT2D eigenvalue weighted by atomic mass is 32.2. The molecule has 0 aliphatic heterocycles. The van der Waals surface area contributed by atoms with Crippen molar-refractivity contribution in [3.63, 3.8) is 0 Å². The third-order valence-electron chi connectivity index (χ3n) is 5.43. The number of nitrogens with zero attached hydrogens (tertiary/aromatic N) is 1. The van der Waals surface area contributed by atoms with Gasteiger partial charge in [-0.25, -0.2) is 8.42 Å². The number of aryl methyl sites for hydroxylation is 1. The number of carbonyl (C=O) groups excluding carboxylic acids is 1. The van der Waals surface area contributed by atoms with E-state index in [1.54, 1.807) is 19.2 Å². The quantitative estimate of drug-likeness (QED) is 0.558. The molecule has 182 valence electrons. The zero-order valence-corrected chi connectivity index (χ0v) is 21.4. The van der Waals surface area contributed by atoms with Gasteiger partial charge in [-0.2, -0.15) is 0 Å². The summed E-state index contributed by atoms with van der Waals surface area (Å²) in [5.74, 6) is 1.45. The van der Waals surface area contributed by atoms with Crippen molar-refractivity contribution < 1.29 is 27.4 Å². The first kappa shape index (κ1) is 26.3. The van der Waals surface area contributed by atoms with Crippen LogP contribution in [0.5, 0.6) is 17.2 Å². The molecule has 0 heterocycles. The van der Waals surface area contributed by atoms with E-state index in [0.29, 0.717) is 17.2 Å². The van der Waals surface area contributed by atoms with Crippen LogP contribution in [0.3, 0.4) is 0 Å². The predicted molar refractivity (Wildman–Crippen MR) is 130 cm³/mol. The lowest BCUT2D eigenvalue weighted by Gasteiger charge is -2.25. The Morgan fingerprint density at radius 3 is 2.06 bits per heavy atom. The molecule has 1 atom stereocenters. The lowest BCUT2D eigenvalue weighted by Crippen LogP contribution is -2.41. The van der Waals surface area contributed by atoms with Crippen LogP contribution in [0.1, 0.15) is 49.4 Å². The summed E-state index contributed by atoms with van der Waals surface area (Å²) in [6, 6.07) is 8.36. The summed E-state index contributed by atoms with van der Waals surface area (Å²) in [6.07, 6.45) is 1.06. The Morgan fingerprint density at radius 2 is 1.55 bits per heavy atom. The summed E-state index contributed by atoms with van der Waals surface area (Å²) < 4.78 is 42.0. The van der Waals surface area contributed by atoms with Gasteiger partial charge in [0.05, 0.1) is 39.3 Å². The molecule has 2 aromatic carbocycles. The summed E-state index contributed by atoms with van der Waals surface area (Å²) >= 11 is 0. The first-order valence-corrected chi connectivity index (χ1v) is 12.4. The van der Waals surface area contributed by atoms with Crippen molar-refractivity contribution in [3.05, 3.63) is 47.0 Å². The molecule has 0 aliphatic rings. The van der Waals surface area contributed by atoms with Crippen LogP contribution in [-0.2, 0) is 14.8 Å². The number of anilines is 1. The van der Waals surface area contributed by atoms with Crippen LogP contribution >= 0.6 is 0 Å². The van der Waals surface area contributed by atoms with Crippen molar-refractivity contribution in [1.82, 2.24) is 5.32 Å². The normalized spacial score (nSPS) is 12.3. The molecule has 0 bridgehead atoms. The second-order valence-electron chi connectivity index (χ2n) is 8.20. The van der Waals surface area contributed by atoms with E-state index in [1.165, 1.54) is 20.3 Å². The Kier molecular flexibility index (Phi) is 8.60. The molecule has 0 spiro atoms. The van der Waals surface area contributed by atoms with Crippen molar-refractivity contribution in [2.24, 2.45) is 0 Å². The largest absolute Gasteiger partial charge is 0.496 e.